The second-order valence-electron chi connectivity index (χ2n) is 6.16. The second kappa shape index (κ2) is 10.0. The molecule has 0 spiro atoms. The van der Waals surface area contributed by atoms with Crippen LogP contribution in [0.4, 0.5) is 0 Å². The second-order valence-corrected chi connectivity index (χ2v) is 6.16. The first-order valence-corrected chi connectivity index (χ1v) is 9.01. The number of nitrogens with zero attached hydrogens (tertiary/aromatic N) is 1. The van der Waals surface area contributed by atoms with Gasteiger partial charge in [0.05, 0.1) is 26.9 Å². The molecule has 1 atom stereocenters. The number of carbonyl (C=O) groups excluding carboxylic acids is 2. The molecule has 7 heteroatoms. The van der Waals surface area contributed by atoms with Crippen molar-refractivity contribution < 1.29 is 23.8 Å². The molecular weight excluding hydrogens is 336 g/mol. The minimum absolute atomic E-state index is 0.0477. The minimum atomic E-state index is -0.850. The Morgan fingerprint density at radius 3 is 2.42 bits per heavy atom. The molecule has 0 bridgehead atoms. The van der Waals surface area contributed by atoms with E-state index in [1.807, 2.05) is 18.2 Å². The van der Waals surface area contributed by atoms with Gasteiger partial charge in [0, 0.05) is 6.54 Å². The Bertz CT molecular complexity index is 614. The Hall–Kier alpha value is -2.28. The predicted octanol–water partition coefficient (Wildman–Crippen LogP) is 1.91. The van der Waals surface area contributed by atoms with Gasteiger partial charge in [-0.05, 0) is 50.6 Å². The fourth-order valence-corrected chi connectivity index (χ4v) is 3.21. The molecule has 0 radical (unpaired) electrons. The molecule has 1 aliphatic heterocycles. The molecule has 1 aromatic rings. The van der Waals surface area contributed by atoms with E-state index in [0.29, 0.717) is 18.0 Å². The number of hydrogen-bond donors (Lipinski definition) is 1. The van der Waals surface area contributed by atoms with Crippen LogP contribution < -0.4 is 14.8 Å². The maximum Gasteiger partial charge on any atom is 0.396 e. The Morgan fingerprint density at radius 2 is 1.81 bits per heavy atom. The zero-order chi connectivity index (χ0) is 18.9. The monoisotopic (exact) mass is 364 g/mol. The Balaban J connectivity index is 2.18. The molecule has 1 heterocycles. The lowest BCUT2D eigenvalue weighted by molar-refractivity contribution is -0.154. The van der Waals surface area contributed by atoms with Crippen LogP contribution in [-0.4, -0.2) is 57.2 Å². The van der Waals surface area contributed by atoms with E-state index in [4.69, 9.17) is 14.2 Å². The van der Waals surface area contributed by atoms with Crippen LogP contribution in [0.5, 0.6) is 11.5 Å². The maximum atomic E-state index is 11.9. The quantitative estimate of drug-likeness (QED) is 0.588. The molecule has 1 unspecified atom stereocenters. The van der Waals surface area contributed by atoms with Crippen molar-refractivity contribution in [2.24, 2.45) is 0 Å². The Labute approximate surface area is 154 Å². The summed E-state index contributed by atoms with van der Waals surface area (Å²) in [5.74, 6) is -0.264. The number of rotatable bonds is 7. The summed E-state index contributed by atoms with van der Waals surface area (Å²) in [5.41, 5.74) is 1.01. The van der Waals surface area contributed by atoms with E-state index in [1.165, 1.54) is 6.42 Å². The molecule has 1 amide bonds. The van der Waals surface area contributed by atoms with Gasteiger partial charge in [0.1, 0.15) is 0 Å². The molecule has 7 nitrogen and oxygen atoms in total. The largest absolute Gasteiger partial charge is 0.493 e. The number of likely N-dealkylation sites (tertiary alicyclic amines) is 1. The van der Waals surface area contributed by atoms with Crippen molar-refractivity contribution in [3.63, 3.8) is 0 Å². The molecule has 0 aliphatic carbocycles. The van der Waals surface area contributed by atoms with Crippen LogP contribution in [0.25, 0.3) is 0 Å². The van der Waals surface area contributed by atoms with E-state index >= 15 is 0 Å². The molecule has 1 aromatic carbocycles. The van der Waals surface area contributed by atoms with Crippen molar-refractivity contribution in [1.29, 1.82) is 0 Å². The van der Waals surface area contributed by atoms with Crippen molar-refractivity contribution in [2.75, 3.05) is 40.5 Å². The number of amides is 1. The summed E-state index contributed by atoms with van der Waals surface area (Å²) >= 11 is 0. The molecule has 144 valence electrons. The average molecular weight is 364 g/mol. The van der Waals surface area contributed by atoms with Gasteiger partial charge in [0.2, 0.25) is 0 Å². The molecule has 1 aliphatic rings. The normalized spacial score (nSPS) is 15.8. The molecule has 1 fully saturated rings. The van der Waals surface area contributed by atoms with Crippen molar-refractivity contribution in [1.82, 2.24) is 10.2 Å². The summed E-state index contributed by atoms with van der Waals surface area (Å²) in [5, 5.41) is 2.70. The highest BCUT2D eigenvalue weighted by molar-refractivity contribution is 6.32. The lowest BCUT2D eigenvalue weighted by atomic mass is 10.0. The van der Waals surface area contributed by atoms with Crippen molar-refractivity contribution in [3.8, 4) is 11.5 Å². The maximum absolute atomic E-state index is 11.9. The van der Waals surface area contributed by atoms with E-state index in [-0.39, 0.29) is 12.6 Å². The predicted molar refractivity (Wildman–Crippen MR) is 97.4 cm³/mol. The van der Waals surface area contributed by atoms with Crippen LogP contribution >= 0.6 is 0 Å². The number of piperidine rings is 1. The average Bonchev–Trinajstić information content (AvgIpc) is 2.68. The highest BCUT2D eigenvalue weighted by Crippen LogP contribution is 2.32. The third-order valence-corrected chi connectivity index (χ3v) is 4.54. The first-order valence-electron chi connectivity index (χ1n) is 9.01. The van der Waals surface area contributed by atoms with Gasteiger partial charge in [-0.15, -0.1) is 0 Å². The van der Waals surface area contributed by atoms with Gasteiger partial charge >= 0.3 is 11.9 Å². The summed E-state index contributed by atoms with van der Waals surface area (Å²) in [7, 11) is 3.19. The first kappa shape index (κ1) is 20.0. The first-order chi connectivity index (χ1) is 12.6. The van der Waals surface area contributed by atoms with Gasteiger partial charge < -0.3 is 19.5 Å². The van der Waals surface area contributed by atoms with Crippen LogP contribution in [0.3, 0.4) is 0 Å². The summed E-state index contributed by atoms with van der Waals surface area (Å²) in [6.07, 6.45) is 3.45. The lowest BCUT2D eigenvalue weighted by Crippen LogP contribution is -2.42. The van der Waals surface area contributed by atoms with Gasteiger partial charge in [0.25, 0.3) is 0 Å². The summed E-state index contributed by atoms with van der Waals surface area (Å²) in [4.78, 5) is 25.8. The number of esters is 1. The molecule has 0 aromatic heterocycles. The zero-order valence-electron chi connectivity index (χ0n) is 15.7. The molecule has 0 saturated carbocycles. The van der Waals surface area contributed by atoms with Crippen molar-refractivity contribution in [2.45, 2.75) is 32.2 Å². The van der Waals surface area contributed by atoms with E-state index in [0.717, 1.165) is 31.5 Å². The van der Waals surface area contributed by atoms with Crippen LogP contribution in [0, 0.1) is 0 Å². The standard InChI is InChI=1S/C19H28N2O5/c1-4-26-19(23)18(22)20-13-15(21-10-6-5-7-11-21)14-8-9-16(24-2)17(12-14)25-3/h8-9,12,15H,4-7,10-11,13H2,1-3H3,(H,20,22). The number of ether oxygens (including phenoxy) is 3. The van der Waals surface area contributed by atoms with Crippen LogP contribution in [-0.2, 0) is 14.3 Å². The molecule has 2 rings (SSSR count). The van der Waals surface area contributed by atoms with Gasteiger partial charge in [-0.2, -0.15) is 0 Å². The highest BCUT2D eigenvalue weighted by atomic mass is 16.5. The number of methoxy groups -OCH3 is 2. The third kappa shape index (κ3) is 5.11. The number of hydrogen-bond acceptors (Lipinski definition) is 6. The van der Waals surface area contributed by atoms with Crippen molar-refractivity contribution >= 4 is 11.9 Å². The van der Waals surface area contributed by atoms with E-state index in [1.54, 1.807) is 21.1 Å². The Morgan fingerprint density at radius 1 is 1.12 bits per heavy atom. The Kier molecular flexibility index (Phi) is 7.72. The SMILES string of the molecule is CCOC(=O)C(=O)NCC(c1ccc(OC)c(OC)c1)N1CCCCC1. The number of carbonyl (C=O) groups is 2. The number of benzene rings is 1. The summed E-state index contributed by atoms with van der Waals surface area (Å²) < 4.78 is 15.5. The summed E-state index contributed by atoms with van der Waals surface area (Å²) in [6, 6.07) is 5.71. The topological polar surface area (TPSA) is 77.1 Å². The molecule has 1 N–H and O–H groups in total. The fraction of sp³-hybridized carbons (Fsp3) is 0.579. The lowest BCUT2D eigenvalue weighted by Gasteiger charge is -2.35. The third-order valence-electron chi connectivity index (χ3n) is 4.54. The molecular formula is C19H28N2O5. The number of nitrogens with one attached hydrogen (secondary N) is 1. The van der Waals surface area contributed by atoms with Gasteiger partial charge in [-0.3, -0.25) is 9.69 Å². The molecule has 1 saturated heterocycles. The fourth-order valence-electron chi connectivity index (χ4n) is 3.21. The van der Waals surface area contributed by atoms with E-state index in [9.17, 15) is 9.59 Å². The minimum Gasteiger partial charge on any atom is -0.493 e. The van der Waals surface area contributed by atoms with Gasteiger partial charge in [-0.1, -0.05) is 12.5 Å². The van der Waals surface area contributed by atoms with Gasteiger partial charge in [0.15, 0.2) is 11.5 Å². The highest BCUT2D eigenvalue weighted by Gasteiger charge is 2.25. The van der Waals surface area contributed by atoms with Gasteiger partial charge in [-0.25, -0.2) is 4.79 Å². The van der Waals surface area contributed by atoms with Crippen LogP contribution in [0.15, 0.2) is 18.2 Å². The van der Waals surface area contributed by atoms with E-state index in [2.05, 4.69) is 10.2 Å². The van der Waals surface area contributed by atoms with Crippen molar-refractivity contribution in [3.05, 3.63) is 23.8 Å². The summed E-state index contributed by atoms with van der Waals surface area (Å²) in [6.45, 7) is 4.08. The van der Waals surface area contributed by atoms with Crippen LogP contribution in [0.1, 0.15) is 37.8 Å². The smallest absolute Gasteiger partial charge is 0.396 e. The molecule has 26 heavy (non-hydrogen) atoms. The van der Waals surface area contributed by atoms with E-state index < -0.39 is 11.9 Å². The zero-order valence-corrected chi connectivity index (χ0v) is 15.7. The van der Waals surface area contributed by atoms with Crippen LogP contribution in [0.2, 0.25) is 0 Å².